The third kappa shape index (κ3) is 2.45. The van der Waals surface area contributed by atoms with Gasteiger partial charge in [0.05, 0.1) is 31.2 Å². The van der Waals surface area contributed by atoms with Crippen LogP contribution in [0.2, 0.25) is 0 Å². The molecule has 1 atom stereocenters. The first-order chi connectivity index (χ1) is 10.6. The molecule has 0 bridgehead atoms. The molecule has 116 valence electrons. The first-order valence-electron chi connectivity index (χ1n) is 7.41. The van der Waals surface area contributed by atoms with Gasteiger partial charge in [0.2, 0.25) is 0 Å². The minimum Gasteiger partial charge on any atom is -0.496 e. The van der Waals surface area contributed by atoms with Crippen molar-refractivity contribution in [3.63, 3.8) is 0 Å². The van der Waals surface area contributed by atoms with Gasteiger partial charge in [0.25, 0.3) is 0 Å². The standard InChI is InChI=1S/C16H21N5O/c1-10-5-18-14(12(3)15(10)22-4)8-21-11(2)6-19-13-7-17-9-20-16(13)21/h5,7,9,11,19H,6,8H2,1-4H3/t11-/m0/s1. The normalized spacial score (nSPS) is 16.9. The van der Waals surface area contributed by atoms with Crippen LogP contribution < -0.4 is 15.0 Å². The third-order valence-electron chi connectivity index (χ3n) is 4.15. The Morgan fingerprint density at radius 3 is 2.91 bits per heavy atom. The van der Waals surface area contributed by atoms with Gasteiger partial charge in [0.15, 0.2) is 5.82 Å². The second-order valence-corrected chi connectivity index (χ2v) is 5.66. The molecular formula is C16H21N5O. The van der Waals surface area contributed by atoms with Gasteiger partial charge in [-0.25, -0.2) is 9.97 Å². The zero-order valence-electron chi connectivity index (χ0n) is 13.4. The van der Waals surface area contributed by atoms with Gasteiger partial charge in [-0.2, -0.15) is 0 Å². The molecule has 3 heterocycles. The van der Waals surface area contributed by atoms with Gasteiger partial charge in [0.1, 0.15) is 12.1 Å². The first kappa shape index (κ1) is 14.6. The van der Waals surface area contributed by atoms with Crippen molar-refractivity contribution in [2.45, 2.75) is 33.4 Å². The van der Waals surface area contributed by atoms with E-state index in [4.69, 9.17) is 4.74 Å². The molecule has 6 heteroatoms. The van der Waals surface area contributed by atoms with Crippen molar-refractivity contribution in [2.75, 3.05) is 23.9 Å². The Morgan fingerprint density at radius 1 is 1.32 bits per heavy atom. The van der Waals surface area contributed by atoms with E-state index in [2.05, 4.69) is 39.0 Å². The molecule has 1 aliphatic heterocycles. The van der Waals surface area contributed by atoms with E-state index in [1.54, 1.807) is 13.4 Å². The van der Waals surface area contributed by atoms with Crippen LogP contribution in [0.4, 0.5) is 11.5 Å². The highest BCUT2D eigenvalue weighted by Gasteiger charge is 2.25. The molecule has 0 aliphatic carbocycles. The monoisotopic (exact) mass is 299 g/mol. The molecule has 1 N–H and O–H groups in total. The lowest BCUT2D eigenvalue weighted by Gasteiger charge is -2.36. The number of nitrogens with zero attached hydrogens (tertiary/aromatic N) is 4. The van der Waals surface area contributed by atoms with Crippen molar-refractivity contribution >= 4 is 11.5 Å². The zero-order chi connectivity index (χ0) is 15.7. The predicted octanol–water partition coefficient (Wildman–Crippen LogP) is 2.32. The van der Waals surface area contributed by atoms with E-state index in [0.717, 1.165) is 40.6 Å². The van der Waals surface area contributed by atoms with E-state index < -0.39 is 0 Å². The topological polar surface area (TPSA) is 63.2 Å². The van der Waals surface area contributed by atoms with Gasteiger partial charge < -0.3 is 15.0 Å². The molecule has 2 aromatic heterocycles. The lowest BCUT2D eigenvalue weighted by molar-refractivity contribution is 0.406. The first-order valence-corrected chi connectivity index (χ1v) is 7.41. The van der Waals surface area contributed by atoms with E-state index in [9.17, 15) is 0 Å². The van der Waals surface area contributed by atoms with Crippen LogP contribution in [0.25, 0.3) is 0 Å². The fourth-order valence-corrected chi connectivity index (χ4v) is 2.88. The Labute approximate surface area is 130 Å². The van der Waals surface area contributed by atoms with Crippen LogP contribution in [0.1, 0.15) is 23.7 Å². The van der Waals surface area contributed by atoms with Crippen LogP contribution in [0, 0.1) is 13.8 Å². The van der Waals surface area contributed by atoms with Gasteiger partial charge in [-0.05, 0) is 20.8 Å². The van der Waals surface area contributed by atoms with Crippen molar-refractivity contribution in [1.29, 1.82) is 0 Å². The van der Waals surface area contributed by atoms with E-state index in [1.165, 1.54) is 0 Å². The number of methoxy groups -OCH3 is 1. The third-order valence-corrected chi connectivity index (χ3v) is 4.15. The van der Waals surface area contributed by atoms with Crippen molar-refractivity contribution in [3.8, 4) is 5.75 Å². The number of rotatable bonds is 3. The molecular weight excluding hydrogens is 278 g/mol. The summed E-state index contributed by atoms with van der Waals surface area (Å²) < 4.78 is 5.51. The maximum absolute atomic E-state index is 5.51. The molecule has 0 fully saturated rings. The maximum atomic E-state index is 5.51. The second-order valence-electron chi connectivity index (χ2n) is 5.66. The molecule has 1 aliphatic rings. The number of nitrogens with one attached hydrogen (secondary N) is 1. The van der Waals surface area contributed by atoms with Crippen LogP contribution in [0.15, 0.2) is 18.7 Å². The fraction of sp³-hybridized carbons (Fsp3) is 0.438. The van der Waals surface area contributed by atoms with Crippen molar-refractivity contribution in [1.82, 2.24) is 15.0 Å². The molecule has 0 amide bonds. The summed E-state index contributed by atoms with van der Waals surface area (Å²) in [5, 5.41) is 3.36. The number of ether oxygens (including phenoxy) is 1. The van der Waals surface area contributed by atoms with Crippen LogP contribution in [-0.2, 0) is 6.54 Å². The number of aromatic nitrogens is 3. The zero-order valence-corrected chi connectivity index (χ0v) is 13.4. The molecule has 0 radical (unpaired) electrons. The molecule has 0 saturated carbocycles. The number of hydrogen-bond acceptors (Lipinski definition) is 6. The Hall–Kier alpha value is -2.37. The maximum Gasteiger partial charge on any atom is 0.156 e. The van der Waals surface area contributed by atoms with Gasteiger partial charge in [-0.1, -0.05) is 0 Å². The summed E-state index contributed by atoms with van der Waals surface area (Å²) in [4.78, 5) is 15.4. The van der Waals surface area contributed by atoms with Crippen LogP contribution in [0.5, 0.6) is 5.75 Å². The minimum atomic E-state index is 0.330. The summed E-state index contributed by atoms with van der Waals surface area (Å²) in [6.07, 6.45) is 5.27. The summed E-state index contributed by atoms with van der Waals surface area (Å²) in [5.74, 6) is 1.84. The van der Waals surface area contributed by atoms with Gasteiger partial charge >= 0.3 is 0 Å². The van der Waals surface area contributed by atoms with Crippen LogP contribution in [-0.4, -0.2) is 34.6 Å². The van der Waals surface area contributed by atoms with Crippen LogP contribution in [0.3, 0.4) is 0 Å². The lowest BCUT2D eigenvalue weighted by Crippen LogP contribution is -2.42. The van der Waals surface area contributed by atoms with E-state index >= 15 is 0 Å². The SMILES string of the molecule is COc1c(C)cnc(CN2c3ncncc3NC[C@@H]2C)c1C. The number of fused-ring (bicyclic) bond motifs is 1. The lowest BCUT2D eigenvalue weighted by atomic mass is 10.1. The highest BCUT2D eigenvalue weighted by atomic mass is 16.5. The molecule has 22 heavy (non-hydrogen) atoms. The Kier molecular flexibility index (Phi) is 3.83. The number of hydrogen-bond donors (Lipinski definition) is 1. The fourth-order valence-electron chi connectivity index (χ4n) is 2.88. The van der Waals surface area contributed by atoms with E-state index in [1.807, 2.05) is 19.3 Å². The number of aryl methyl sites for hydroxylation is 1. The molecule has 6 nitrogen and oxygen atoms in total. The Morgan fingerprint density at radius 2 is 2.14 bits per heavy atom. The second kappa shape index (κ2) is 5.79. The highest BCUT2D eigenvalue weighted by Crippen LogP contribution is 2.31. The van der Waals surface area contributed by atoms with Crippen molar-refractivity contribution in [2.24, 2.45) is 0 Å². The molecule has 0 aromatic carbocycles. The minimum absolute atomic E-state index is 0.330. The average molecular weight is 299 g/mol. The Bertz CT molecular complexity index is 688. The van der Waals surface area contributed by atoms with Crippen molar-refractivity contribution in [3.05, 3.63) is 35.5 Å². The summed E-state index contributed by atoms with van der Waals surface area (Å²) in [6, 6.07) is 0.330. The van der Waals surface area contributed by atoms with Gasteiger partial charge in [-0.3, -0.25) is 4.98 Å². The Balaban J connectivity index is 1.97. The smallest absolute Gasteiger partial charge is 0.156 e. The van der Waals surface area contributed by atoms with E-state index in [-0.39, 0.29) is 0 Å². The highest BCUT2D eigenvalue weighted by molar-refractivity contribution is 5.67. The quantitative estimate of drug-likeness (QED) is 0.938. The van der Waals surface area contributed by atoms with E-state index in [0.29, 0.717) is 12.6 Å². The largest absolute Gasteiger partial charge is 0.496 e. The van der Waals surface area contributed by atoms with Gasteiger partial charge in [-0.15, -0.1) is 0 Å². The van der Waals surface area contributed by atoms with Gasteiger partial charge in [0, 0.05) is 29.9 Å². The molecule has 0 spiro atoms. The van der Waals surface area contributed by atoms with Crippen molar-refractivity contribution < 1.29 is 4.74 Å². The summed E-state index contributed by atoms with van der Waals surface area (Å²) in [6.45, 7) is 7.82. The molecule has 3 rings (SSSR count). The predicted molar refractivity (Wildman–Crippen MR) is 86.4 cm³/mol. The van der Waals surface area contributed by atoms with Crippen LogP contribution >= 0.6 is 0 Å². The summed E-state index contributed by atoms with van der Waals surface area (Å²) in [7, 11) is 1.70. The molecule has 2 aromatic rings. The molecule has 0 saturated heterocycles. The summed E-state index contributed by atoms with van der Waals surface area (Å²) >= 11 is 0. The number of anilines is 2. The average Bonchev–Trinajstić information content (AvgIpc) is 2.53. The summed E-state index contributed by atoms with van der Waals surface area (Å²) in [5.41, 5.74) is 4.13. The molecule has 0 unspecified atom stereocenters. The number of pyridine rings is 1.